The molecule has 0 unspecified atom stereocenters. The molecule has 0 amide bonds. The average Bonchev–Trinajstić information content (AvgIpc) is 3.57. The van der Waals surface area contributed by atoms with Gasteiger partial charge in [0.2, 0.25) is 0 Å². The molecular formula is C43H27N5O. The largest absolute Gasteiger partial charge is 0.455 e. The van der Waals surface area contributed by atoms with Gasteiger partial charge in [0.25, 0.3) is 0 Å². The van der Waals surface area contributed by atoms with Crippen LogP contribution in [0.1, 0.15) is 0 Å². The van der Waals surface area contributed by atoms with Crippen LogP contribution in [-0.4, -0.2) is 24.9 Å². The van der Waals surface area contributed by atoms with Crippen molar-refractivity contribution in [2.45, 2.75) is 0 Å². The van der Waals surface area contributed by atoms with Crippen LogP contribution in [0.25, 0.3) is 90.0 Å². The Morgan fingerprint density at radius 1 is 0.327 bits per heavy atom. The van der Waals surface area contributed by atoms with Crippen molar-refractivity contribution in [3.05, 3.63) is 164 Å². The minimum absolute atomic E-state index is 0.571. The first-order valence-electron chi connectivity index (χ1n) is 16.1. The summed E-state index contributed by atoms with van der Waals surface area (Å²) in [5, 5.41) is 1.98. The molecule has 0 N–H and O–H groups in total. The second-order valence-electron chi connectivity index (χ2n) is 11.7. The Bertz CT molecular complexity index is 2470. The van der Waals surface area contributed by atoms with Crippen molar-refractivity contribution in [3.63, 3.8) is 0 Å². The molecule has 6 aromatic carbocycles. The third-order valence-corrected chi connectivity index (χ3v) is 8.56. The first-order valence-corrected chi connectivity index (χ1v) is 16.1. The van der Waals surface area contributed by atoms with E-state index in [9.17, 15) is 0 Å². The predicted molar refractivity (Wildman–Crippen MR) is 195 cm³/mol. The van der Waals surface area contributed by atoms with E-state index < -0.39 is 0 Å². The fourth-order valence-electron chi connectivity index (χ4n) is 6.13. The fraction of sp³-hybridized carbons (Fsp3) is 0. The number of rotatable bonds is 6. The normalized spacial score (nSPS) is 11.3. The van der Waals surface area contributed by atoms with Gasteiger partial charge in [-0.3, -0.25) is 0 Å². The number of hydrogen-bond donors (Lipinski definition) is 0. The highest BCUT2D eigenvalue weighted by atomic mass is 16.3. The van der Waals surface area contributed by atoms with Gasteiger partial charge in [-0.2, -0.15) is 0 Å². The second kappa shape index (κ2) is 12.1. The summed E-state index contributed by atoms with van der Waals surface area (Å²) in [5.74, 6) is 2.39. The van der Waals surface area contributed by atoms with Crippen LogP contribution in [0.3, 0.4) is 0 Å². The third kappa shape index (κ3) is 5.41. The van der Waals surface area contributed by atoms with Gasteiger partial charge in [-0.05, 0) is 24.3 Å². The molecular weight excluding hydrogens is 603 g/mol. The van der Waals surface area contributed by atoms with Crippen LogP contribution in [0.5, 0.6) is 0 Å². The number of para-hydroxylation sites is 1. The smallest absolute Gasteiger partial charge is 0.164 e. The third-order valence-electron chi connectivity index (χ3n) is 8.56. The van der Waals surface area contributed by atoms with Crippen molar-refractivity contribution in [2.75, 3.05) is 0 Å². The van der Waals surface area contributed by atoms with Gasteiger partial charge in [-0.15, -0.1) is 0 Å². The maximum Gasteiger partial charge on any atom is 0.164 e. The van der Waals surface area contributed by atoms with Gasteiger partial charge >= 0.3 is 0 Å². The zero-order valence-electron chi connectivity index (χ0n) is 26.2. The minimum Gasteiger partial charge on any atom is -0.455 e. The minimum atomic E-state index is 0.571. The van der Waals surface area contributed by atoms with E-state index in [2.05, 4.69) is 36.4 Å². The molecule has 0 radical (unpaired) electrons. The molecule has 0 saturated carbocycles. The van der Waals surface area contributed by atoms with E-state index >= 15 is 0 Å². The molecule has 6 nitrogen and oxygen atoms in total. The van der Waals surface area contributed by atoms with Crippen LogP contribution < -0.4 is 0 Å². The summed E-state index contributed by atoms with van der Waals surface area (Å²) < 4.78 is 6.67. The fourth-order valence-corrected chi connectivity index (χ4v) is 6.13. The van der Waals surface area contributed by atoms with Gasteiger partial charge in [0.1, 0.15) is 11.2 Å². The molecule has 6 heteroatoms. The van der Waals surface area contributed by atoms with Gasteiger partial charge in [0.05, 0.1) is 17.0 Å². The molecule has 3 heterocycles. The summed E-state index contributed by atoms with van der Waals surface area (Å²) in [6.07, 6.45) is 0. The zero-order valence-corrected chi connectivity index (χ0v) is 26.2. The van der Waals surface area contributed by atoms with Crippen molar-refractivity contribution in [3.8, 4) is 68.1 Å². The van der Waals surface area contributed by atoms with Crippen molar-refractivity contribution < 1.29 is 4.42 Å². The molecule has 0 fully saturated rings. The number of nitrogens with zero attached hydrogens (tertiary/aromatic N) is 5. The van der Waals surface area contributed by atoms with Gasteiger partial charge in [-0.1, -0.05) is 140 Å². The van der Waals surface area contributed by atoms with E-state index in [4.69, 9.17) is 29.3 Å². The van der Waals surface area contributed by atoms with E-state index in [0.29, 0.717) is 23.3 Å². The number of furan rings is 1. The molecule has 0 bridgehead atoms. The van der Waals surface area contributed by atoms with Gasteiger partial charge in [-0.25, -0.2) is 24.9 Å². The monoisotopic (exact) mass is 629 g/mol. The van der Waals surface area contributed by atoms with Crippen LogP contribution in [-0.2, 0) is 0 Å². The average molecular weight is 630 g/mol. The first kappa shape index (κ1) is 28.4. The van der Waals surface area contributed by atoms with E-state index in [1.165, 1.54) is 0 Å². The first-order chi connectivity index (χ1) is 24.3. The lowest BCUT2D eigenvalue weighted by Gasteiger charge is -2.09. The molecule has 9 rings (SSSR count). The molecule has 9 aromatic rings. The number of hydrogen-bond acceptors (Lipinski definition) is 6. The quantitative estimate of drug-likeness (QED) is 0.182. The molecule has 49 heavy (non-hydrogen) atoms. The molecule has 0 aliphatic rings. The lowest BCUT2D eigenvalue weighted by molar-refractivity contribution is 0.669. The Labute approximate surface area is 282 Å². The lowest BCUT2D eigenvalue weighted by atomic mass is 10.0. The van der Waals surface area contributed by atoms with E-state index in [1.807, 2.05) is 127 Å². The Kier molecular flexibility index (Phi) is 7.02. The van der Waals surface area contributed by atoms with Crippen LogP contribution in [0.4, 0.5) is 0 Å². The van der Waals surface area contributed by atoms with Gasteiger partial charge in [0.15, 0.2) is 23.3 Å². The Hall–Kier alpha value is -6.79. The number of fused-ring (bicyclic) bond motifs is 3. The Morgan fingerprint density at radius 3 is 1.35 bits per heavy atom. The van der Waals surface area contributed by atoms with Crippen LogP contribution >= 0.6 is 0 Å². The van der Waals surface area contributed by atoms with Crippen molar-refractivity contribution in [1.82, 2.24) is 24.9 Å². The van der Waals surface area contributed by atoms with Crippen LogP contribution in [0, 0.1) is 0 Å². The highest BCUT2D eigenvalue weighted by Crippen LogP contribution is 2.38. The van der Waals surface area contributed by atoms with Gasteiger partial charge < -0.3 is 4.42 Å². The molecule has 0 saturated heterocycles. The number of aromatic nitrogens is 5. The summed E-state index contributed by atoms with van der Waals surface area (Å²) in [5.41, 5.74) is 8.68. The van der Waals surface area contributed by atoms with Crippen LogP contribution in [0.15, 0.2) is 168 Å². The summed E-state index contributed by atoms with van der Waals surface area (Å²) in [6.45, 7) is 0. The predicted octanol–water partition coefficient (Wildman–Crippen LogP) is 10.6. The SMILES string of the molecule is c1ccc(-c2cc(-c3ccccc3)nc(-c3cccc4c3oc3cc(-c5nc(-c6ccccc6)nc(-c6ccccc6)n5)ccc34)n2)cc1. The van der Waals surface area contributed by atoms with E-state index in [-0.39, 0.29) is 0 Å². The molecule has 3 aromatic heterocycles. The van der Waals surface area contributed by atoms with Crippen molar-refractivity contribution >= 4 is 21.9 Å². The maximum absolute atomic E-state index is 6.67. The zero-order chi connectivity index (χ0) is 32.6. The molecule has 0 atom stereocenters. The highest BCUT2D eigenvalue weighted by Gasteiger charge is 2.18. The second-order valence-corrected chi connectivity index (χ2v) is 11.7. The van der Waals surface area contributed by atoms with Crippen molar-refractivity contribution in [2.24, 2.45) is 0 Å². The Balaban J connectivity index is 1.20. The highest BCUT2D eigenvalue weighted by molar-refractivity contribution is 6.09. The molecule has 0 aliphatic carbocycles. The molecule has 0 spiro atoms. The molecule has 0 aliphatic heterocycles. The van der Waals surface area contributed by atoms with Crippen LogP contribution in [0.2, 0.25) is 0 Å². The maximum atomic E-state index is 6.67. The van der Waals surface area contributed by atoms with Crippen molar-refractivity contribution in [1.29, 1.82) is 0 Å². The topological polar surface area (TPSA) is 77.6 Å². The summed E-state index contributed by atoms with van der Waals surface area (Å²) >= 11 is 0. The molecule has 230 valence electrons. The summed E-state index contributed by atoms with van der Waals surface area (Å²) in [6, 6.07) is 54.6. The van der Waals surface area contributed by atoms with Gasteiger partial charge in [0, 0.05) is 38.6 Å². The summed E-state index contributed by atoms with van der Waals surface area (Å²) in [7, 11) is 0. The Morgan fingerprint density at radius 2 is 0.816 bits per heavy atom. The summed E-state index contributed by atoms with van der Waals surface area (Å²) in [4.78, 5) is 24.8. The number of benzene rings is 6. The van der Waals surface area contributed by atoms with E-state index in [1.54, 1.807) is 0 Å². The van der Waals surface area contributed by atoms with E-state index in [0.717, 1.165) is 66.7 Å². The standard InChI is InChI=1S/C43H27N5O/c1-5-14-28(15-6-1)36-27-37(29-16-7-2-8-17-29)45-43(44-36)35-23-13-22-34-33-25-24-32(26-38(33)49-39(34)35)42-47-40(30-18-9-3-10-19-30)46-41(48-42)31-20-11-4-12-21-31/h1-27H. The lowest BCUT2D eigenvalue weighted by Crippen LogP contribution is -2.00.